The summed E-state index contributed by atoms with van der Waals surface area (Å²) >= 11 is 9.31. The molecule has 0 aromatic heterocycles. The number of nitrogens with zero attached hydrogens (tertiary/aromatic N) is 2. The Morgan fingerprint density at radius 3 is 2.24 bits per heavy atom. The van der Waals surface area contributed by atoms with Crippen molar-refractivity contribution in [1.82, 2.24) is 10.2 Å². The van der Waals surface area contributed by atoms with Crippen LogP contribution < -0.4 is 9.62 Å². The van der Waals surface area contributed by atoms with Crippen LogP contribution in [0.3, 0.4) is 0 Å². The molecule has 2 aromatic rings. The van der Waals surface area contributed by atoms with Crippen LogP contribution in [-0.4, -0.2) is 50.5 Å². The van der Waals surface area contributed by atoms with Gasteiger partial charge in [-0.1, -0.05) is 53.0 Å². The summed E-state index contributed by atoms with van der Waals surface area (Å²) in [5.74, 6) is -0.775. The maximum atomic E-state index is 13.4. The Bertz CT molecular complexity index is 1050. The van der Waals surface area contributed by atoms with E-state index >= 15 is 0 Å². The van der Waals surface area contributed by atoms with Crippen LogP contribution >= 0.6 is 27.5 Å². The highest BCUT2D eigenvalue weighted by molar-refractivity contribution is 9.10. The summed E-state index contributed by atoms with van der Waals surface area (Å²) in [6.45, 7) is 3.90. The van der Waals surface area contributed by atoms with E-state index in [4.69, 9.17) is 11.6 Å². The third-order valence-corrected chi connectivity index (χ3v) is 6.98. The Morgan fingerprint density at radius 1 is 1.09 bits per heavy atom. The Hall–Kier alpha value is -2.10. The first-order chi connectivity index (χ1) is 15.5. The fraction of sp³-hybridized carbons (Fsp3) is 0.391. The summed E-state index contributed by atoms with van der Waals surface area (Å²) in [7, 11) is -3.77. The summed E-state index contributed by atoms with van der Waals surface area (Å²) < 4.78 is 26.9. The van der Waals surface area contributed by atoms with Crippen molar-refractivity contribution in [1.29, 1.82) is 0 Å². The minimum absolute atomic E-state index is 0.159. The summed E-state index contributed by atoms with van der Waals surface area (Å²) in [6.07, 6.45) is 2.80. The molecular formula is C23H29BrClN3O4S. The van der Waals surface area contributed by atoms with Gasteiger partial charge in [0.15, 0.2) is 0 Å². The molecule has 10 heteroatoms. The Kier molecular flexibility index (Phi) is 10.2. The van der Waals surface area contributed by atoms with Crippen molar-refractivity contribution in [3.05, 3.63) is 63.6 Å². The van der Waals surface area contributed by atoms with Crippen molar-refractivity contribution < 1.29 is 18.0 Å². The number of benzene rings is 2. The number of anilines is 1. The van der Waals surface area contributed by atoms with E-state index in [9.17, 15) is 18.0 Å². The third kappa shape index (κ3) is 8.32. The zero-order valence-corrected chi connectivity index (χ0v) is 22.1. The Morgan fingerprint density at radius 2 is 1.70 bits per heavy atom. The Labute approximate surface area is 209 Å². The molecule has 2 aromatic carbocycles. The topological polar surface area (TPSA) is 86.8 Å². The molecule has 0 saturated carbocycles. The molecule has 0 radical (unpaired) electrons. The molecule has 0 aliphatic rings. The van der Waals surface area contributed by atoms with Gasteiger partial charge in [0, 0.05) is 22.6 Å². The highest BCUT2D eigenvalue weighted by Crippen LogP contribution is 2.21. The minimum Gasteiger partial charge on any atom is -0.354 e. The molecule has 7 nitrogen and oxygen atoms in total. The Balaban J connectivity index is 2.32. The summed E-state index contributed by atoms with van der Waals surface area (Å²) in [5, 5.41) is 3.30. The summed E-state index contributed by atoms with van der Waals surface area (Å²) in [5.41, 5.74) is 1.14. The van der Waals surface area contributed by atoms with Gasteiger partial charge in [0.2, 0.25) is 21.8 Å². The van der Waals surface area contributed by atoms with E-state index < -0.39 is 28.5 Å². The van der Waals surface area contributed by atoms with Crippen LogP contribution in [0, 0.1) is 0 Å². The second-order valence-electron chi connectivity index (χ2n) is 7.71. The van der Waals surface area contributed by atoms with Crippen molar-refractivity contribution in [2.24, 2.45) is 0 Å². The lowest BCUT2D eigenvalue weighted by Gasteiger charge is -2.31. The summed E-state index contributed by atoms with van der Waals surface area (Å²) in [4.78, 5) is 27.5. The fourth-order valence-corrected chi connectivity index (χ4v) is 4.37. The van der Waals surface area contributed by atoms with Crippen molar-refractivity contribution in [2.45, 2.75) is 39.3 Å². The quantitative estimate of drug-likeness (QED) is 0.419. The average Bonchev–Trinajstić information content (AvgIpc) is 2.76. The lowest BCUT2D eigenvalue weighted by molar-refractivity contribution is -0.139. The number of halogens is 2. The molecule has 180 valence electrons. The highest BCUT2D eigenvalue weighted by atomic mass is 79.9. The number of carbonyl (C=O) groups is 2. The van der Waals surface area contributed by atoms with Gasteiger partial charge in [-0.05, 0) is 55.3 Å². The van der Waals surface area contributed by atoms with Crippen molar-refractivity contribution in [2.75, 3.05) is 23.7 Å². The number of nitrogens with one attached hydrogen (secondary N) is 1. The molecule has 2 amide bonds. The van der Waals surface area contributed by atoms with Gasteiger partial charge in [-0.3, -0.25) is 13.9 Å². The molecule has 0 aliphatic carbocycles. The van der Waals surface area contributed by atoms with E-state index in [1.54, 1.807) is 19.1 Å². The normalized spacial score (nSPS) is 12.2. The molecule has 0 unspecified atom stereocenters. The molecule has 0 aliphatic heterocycles. The molecule has 0 spiro atoms. The van der Waals surface area contributed by atoms with Crippen molar-refractivity contribution in [3.63, 3.8) is 0 Å². The highest BCUT2D eigenvalue weighted by Gasteiger charge is 2.30. The number of hydrogen-bond donors (Lipinski definition) is 1. The lowest BCUT2D eigenvalue weighted by Crippen LogP contribution is -2.51. The van der Waals surface area contributed by atoms with Gasteiger partial charge in [-0.2, -0.15) is 0 Å². The largest absolute Gasteiger partial charge is 0.354 e. The van der Waals surface area contributed by atoms with Gasteiger partial charge in [0.1, 0.15) is 12.6 Å². The lowest BCUT2D eigenvalue weighted by atomic mass is 10.1. The van der Waals surface area contributed by atoms with Crippen LogP contribution in [0.15, 0.2) is 53.0 Å². The number of unbranched alkanes of at least 4 members (excludes halogenated alkanes) is 1. The van der Waals surface area contributed by atoms with Crippen LogP contribution in [0.25, 0.3) is 0 Å². The third-order valence-electron chi connectivity index (χ3n) is 5.06. The van der Waals surface area contributed by atoms with Gasteiger partial charge in [0.25, 0.3) is 0 Å². The number of amides is 2. The van der Waals surface area contributed by atoms with Crippen LogP contribution in [0.2, 0.25) is 5.02 Å². The van der Waals surface area contributed by atoms with Gasteiger partial charge >= 0.3 is 0 Å². The second-order valence-corrected chi connectivity index (χ2v) is 11.0. The van der Waals surface area contributed by atoms with Crippen molar-refractivity contribution in [3.8, 4) is 0 Å². The summed E-state index contributed by atoms with van der Waals surface area (Å²) in [6, 6.07) is 12.8. The molecule has 2 rings (SSSR count). The molecule has 33 heavy (non-hydrogen) atoms. The fourth-order valence-electron chi connectivity index (χ4n) is 3.13. The van der Waals surface area contributed by atoms with E-state index in [0.29, 0.717) is 17.3 Å². The first-order valence-corrected chi connectivity index (χ1v) is 13.6. The van der Waals surface area contributed by atoms with Gasteiger partial charge in [0.05, 0.1) is 11.9 Å². The molecule has 0 bridgehead atoms. The number of carbonyl (C=O) groups excluding carboxylic acids is 2. The SMILES string of the molecule is CCCCNC(=O)[C@@H](C)N(Cc1ccc(Br)cc1)C(=O)CN(c1ccc(Cl)cc1)S(C)(=O)=O. The molecule has 0 heterocycles. The van der Waals surface area contributed by atoms with E-state index in [1.165, 1.54) is 17.0 Å². The van der Waals surface area contributed by atoms with E-state index in [2.05, 4.69) is 21.2 Å². The van der Waals surface area contributed by atoms with Gasteiger partial charge in [-0.15, -0.1) is 0 Å². The zero-order chi connectivity index (χ0) is 24.6. The van der Waals surface area contributed by atoms with E-state index in [-0.39, 0.29) is 12.5 Å². The second kappa shape index (κ2) is 12.4. The van der Waals surface area contributed by atoms with Crippen molar-refractivity contribution >= 4 is 55.1 Å². The molecule has 0 fully saturated rings. The van der Waals surface area contributed by atoms with Gasteiger partial charge in [-0.25, -0.2) is 8.42 Å². The zero-order valence-electron chi connectivity index (χ0n) is 18.9. The maximum Gasteiger partial charge on any atom is 0.244 e. The molecule has 0 saturated heterocycles. The van der Waals surface area contributed by atoms with E-state index in [0.717, 1.165) is 33.4 Å². The van der Waals surface area contributed by atoms with Crippen LogP contribution in [0.5, 0.6) is 0 Å². The first kappa shape index (κ1) is 27.1. The van der Waals surface area contributed by atoms with Crippen LogP contribution in [0.4, 0.5) is 5.69 Å². The minimum atomic E-state index is -3.77. The van der Waals surface area contributed by atoms with Gasteiger partial charge < -0.3 is 10.2 Å². The van der Waals surface area contributed by atoms with Crippen LogP contribution in [-0.2, 0) is 26.2 Å². The average molecular weight is 559 g/mol. The predicted octanol–water partition coefficient (Wildman–Crippen LogP) is 4.20. The predicted molar refractivity (Wildman–Crippen MR) is 136 cm³/mol. The number of hydrogen-bond acceptors (Lipinski definition) is 4. The number of sulfonamides is 1. The molecule has 1 N–H and O–H groups in total. The molecule has 1 atom stereocenters. The number of rotatable bonds is 11. The van der Waals surface area contributed by atoms with E-state index in [1.807, 2.05) is 31.2 Å². The monoisotopic (exact) mass is 557 g/mol. The maximum absolute atomic E-state index is 13.4. The first-order valence-electron chi connectivity index (χ1n) is 10.6. The smallest absolute Gasteiger partial charge is 0.244 e. The molecular weight excluding hydrogens is 530 g/mol. The standard InChI is InChI=1S/C23H29BrClN3O4S/c1-4-5-14-26-23(30)17(2)27(15-18-6-8-19(24)9-7-18)22(29)16-28(33(3,31)32)21-12-10-20(25)11-13-21/h6-13,17H,4-5,14-16H2,1-3H3,(H,26,30)/t17-/m1/s1. The van der Waals surface area contributed by atoms with Crippen LogP contribution in [0.1, 0.15) is 32.3 Å².